The Morgan fingerprint density at radius 1 is 1.54 bits per heavy atom. The maximum Gasteiger partial charge on any atom is 0.231 e. The van der Waals surface area contributed by atoms with E-state index in [4.69, 9.17) is 14.6 Å². The van der Waals surface area contributed by atoms with Crippen LogP contribution in [0.25, 0.3) is 0 Å². The van der Waals surface area contributed by atoms with Crippen LogP contribution in [0.3, 0.4) is 0 Å². The highest BCUT2D eigenvalue weighted by molar-refractivity contribution is 9.10. The molecule has 1 heterocycles. The molecule has 1 N–H and O–H groups in total. The van der Waals surface area contributed by atoms with Gasteiger partial charge in [-0.1, -0.05) is 0 Å². The van der Waals surface area contributed by atoms with Gasteiger partial charge >= 0.3 is 0 Å². The Hall–Kier alpha value is -0.810. The van der Waals surface area contributed by atoms with Crippen LogP contribution in [0.5, 0.6) is 11.5 Å². The van der Waals surface area contributed by atoms with Gasteiger partial charge in [0.25, 0.3) is 0 Å². The largest absolute Gasteiger partial charge is 0.454 e. The number of hydrogen-bond acceptors (Lipinski definition) is 3. The number of halogens is 2. The maximum absolute atomic E-state index is 13.3. The maximum atomic E-state index is 13.3. The van der Waals surface area contributed by atoms with E-state index < -0.39 is 12.4 Å². The molecule has 1 aromatic carbocycles. The van der Waals surface area contributed by atoms with Gasteiger partial charge in [0.15, 0.2) is 11.5 Å². The molecule has 13 heavy (non-hydrogen) atoms. The second-order valence-electron chi connectivity index (χ2n) is 2.54. The zero-order chi connectivity index (χ0) is 9.42. The third kappa shape index (κ3) is 1.28. The van der Waals surface area contributed by atoms with Crippen LogP contribution in [0.4, 0.5) is 4.39 Å². The molecule has 0 bridgehead atoms. The molecular formula is C8H6BrFO3. The minimum Gasteiger partial charge on any atom is -0.454 e. The Kier molecular flexibility index (Phi) is 2.13. The smallest absolute Gasteiger partial charge is 0.231 e. The van der Waals surface area contributed by atoms with Crippen molar-refractivity contribution in [2.75, 3.05) is 6.79 Å². The lowest BCUT2D eigenvalue weighted by Crippen LogP contribution is -1.96. The summed E-state index contributed by atoms with van der Waals surface area (Å²) < 4.78 is 23.6. The average Bonchev–Trinajstić information content (AvgIpc) is 2.54. The first kappa shape index (κ1) is 8.77. The summed E-state index contributed by atoms with van der Waals surface area (Å²) in [6.07, 6.45) is 0. The number of aliphatic hydroxyl groups excluding tert-OH is 1. The van der Waals surface area contributed by atoms with E-state index in [1.165, 1.54) is 6.07 Å². The SMILES string of the molecule is OCc1c(F)c(Br)cc2c1OCO2. The van der Waals surface area contributed by atoms with Crippen molar-refractivity contribution < 1.29 is 19.0 Å². The summed E-state index contributed by atoms with van der Waals surface area (Å²) in [5.74, 6) is 0.243. The minimum atomic E-state index is -0.508. The molecule has 0 spiro atoms. The third-order valence-corrected chi connectivity index (χ3v) is 2.38. The van der Waals surface area contributed by atoms with Crippen LogP contribution in [-0.4, -0.2) is 11.9 Å². The van der Waals surface area contributed by atoms with E-state index in [2.05, 4.69) is 15.9 Å². The van der Waals surface area contributed by atoms with Gasteiger partial charge in [-0.25, -0.2) is 4.39 Å². The van der Waals surface area contributed by atoms with Gasteiger partial charge in [-0.3, -0.25) is 0 Å². The standard InChI is InChI=1S/C8H6BrFO3/c9-5-1-6-8(13-3-12-6)4(2-11)7(5)10/h1,11H,2-3H2. The summed E-state index contributed by atoms with van der Waals surface area (Å²) >= 11 is 3.02. The van der Waals surface area contributed by atoms with Crippen molar-refractivity contribution >= 4 is 15.9 Å². The molecule has 2 rings (SSSR count). The predicted molar refractivity (Wildman–Crippen MR) is 46.1 cm³/mol. The van der Waals surface area contributed by atoms with Crippen LogP contribution in [-0.2, 0) is 6.61 Å². The van der Waals surface area contributed by atoms with Crippen molar-refractivity contribution in [1.29, 1.82) is 0 Å². The van der Waals surface area contributed by atoms with E-state index in [1.54, 1.807) is 0 Å². The summed E-state index contributed by atoms with van der Waals surface area (Å²) in [4.78, 5) is 0. The molecule has 0 aromatic heterocycles. The van der Waals surface area contributed by atoms with E-state index in [1.807, 2.05) is 0 Å². The van der Waals surface area contributed by atoms with Gasteiger partial charge in [-0.2, -0.15) is 0 Å². The van der Waals surface area contributed by atoms with Gasteiger partial charge in [0.2, 0.25) is 6.79 Å². The summed E-state index contributed by atoms with van der Waals surface area (Å²) in [5, 5.41) is 8.91. The average molecular weight is 249 g/mol. The van der Waals surface area contributed by atoms with Crippen LogP contribution in [0.2, 0.25) is 0 Å². The van der Waals surface area contributed by atoms with Crippen molar-refractivity contribution in [3.8, 4) is 11.5 Å². The molecule has 0 atom stereocenters. The molecular weight excluding hydrogens is 243 g/mol. The Balaban J connectivity index is 2.64. The minimum absolute atomic E-state index is 0.0677. The van der Waals surface area contributed by atoms with E-state index >= 15 is 0 Å². The lowest BCUT2D eigenvalue weighted by atomic mass is 10.2. The van der Waals surface area contributed by atoms with E-state index in [0.717, 1.165) is 0 Å². The molecule has 0 aliphatic carbocycles. The van der Waals surface area contributed by atoms with Crippen LogP contribution in [0.1, 0.15) is 5.56 Å². The molecule has 0 unspecified atom stereocenters. The molecule has 1 aliphatic heterocycles. The Labute approximate surface area is 82.2 Å². The van der Waals surface area contributed by atoms with Gasteiger partial charge in [0, 0.05) is 6.07 Å². The van der Waals surface area contributed by atoms with E-state index in [-0.39, 0.29) is 16.8 Å². The molecule has 1 aliphatic rings. The van der Waals surface area contributed by atoms with Crippen LogP contribution < -0.4 is 9.47 Å². The fourth-order valence-electron chi connectivity index (χ4n) is 1.20. The predicted octanol–water partition coefficient (Wildman–Crippen LogP) is 1.81. The Bertz CT molecular complexity index is 354. The summed E-state index contributed by atoms with van der Waals surface area (Å²) in [6.45, 7) is -0.338. The normalized spacial score (nSPS) is 13.5. The van der Waals surface area contributed by atoms with Gasteiger partial charge in [-0.05, 0) is 15.9 Å². The second-order valence-corrected chi connectivity index (χ2v) is 3.40. The van der Waals surface area contributed by atoms with E-state index in [0.29, 0.717) is 11.5 Å². The van der Waals surface area contributed by atoms with Crippen LogP contribution >= 0.6 is 15.9 Å². The van der Waals surface area contributed by atoms with Crippen molar-refractivity contribution in [3.63, 3.8) is 0 Å². The number of aliphatic hydroxyl groups is 1. The summed E-state index contributed by atoms with van der Waals surface area (Å²) in [5.41, 5.74) is 0.127. The Morgan fingerprint density at radius 2 is 2.31 bits per heavy atom. The number of rotatable bonds is 1. The lowest BCUT2D eigenvalue weighted by Gasteiger charge is -2.05. The van der Waals surface area contributed by atoms with Gasteiger partial charge in [0.05, 0.1) is 16.6 Å². The molecule has 3 nitrogen and oxygen atoms in total. The molecule has 0 saturated heterocycles. The van der Waals surface area contributed by atoms with Crippen molar-refractivity contribution in [3.05, 3.63) is 21.9 Å². The van der Waals surface area contributed by atoms with Gasteiger partial charge in [0.1, 0.15) is 5.82 Å². The molecule has 70 valence electrons. The molecule has 1 aromatic rings. The molecule has 5 heteroatoms. The summed E-state index contributed by atoms with van der Waals surface area (Å²) in [6, 6.07) is 1.48. The fraction of sp³-hybridized carbons (Fsp3) is 0.250. The van der Waals surface area contributed by atoms with E-state index in [9.17, 15) is 4.39 Å². The number of ether oxygens (including phenoxy) is 2. The number of fused-ring (bicyclic) bond motifs is 1. The molecule has 0 amide bonds. The highest BCUT2D eigenvalue weighted by Gasteiger charge is 2.22. The highest BCUT2D eigenvalue weighted by atomic mass is 79.9. The van der Waals surface area contributed by atoms with Gasteiger partial charge in [-0.15, -0.1) is 0 Å². The lowest BCUT2D eigenvalue weighted by molar-refractivity contribution is 0.170. The third-order valence-electron chi connectivity index (χ3n) is 1.81. The van der Waals surface area contributed by atoms with Crippen LogP contribution in [0.15, 0.2) is 10.5 Å². The van der Waals surface area contributed by atoms with Crippen molar-refractivity contribution in [2.45, 2.75) is 6.61 Å². The van der Waals surface area contributed by atoms with Crippen molar-refractivity contribution in [1.82, 2.24) is 0 Å². The van der Waals surface area contributed by atoms with Gasteiger partial charge < -0.3 is 14.6 Å². The summed E-state index contributed by atoms with van der Waals surface area (Å²) in [7, 11) is 0. The highest BCUT2D eigenvalue weighted by Crippen LogP contribution is 2.40. The zero-order valence-electron chi connectivity index (χ0n) is 6.51. The molecule has 0 radical (unpaired) electrons. The Morgan fingerprint density at radius 3 is 3.00 bits per heavy atom. The number of benzene rings is 1. The topological polar surface area (TPSA) is 38.7 Å². The molecule has 0 saturated carbocycles. The fourth-order valence-corrected chi connectivity index (χ4v) is 1.64. The monoisotopic (exact) mass is 248 g/mol. The zero-order valence-corrected chi connectivity index (χ0v) is 8.10. The first-order chi connectivity index (χ1) is 6.24. The first-order valence-electron chi connectivity index (χ1n) is 3.61. The quantitative estimate of drug-likeness (QED) is 0.824. The van der Waals surface area contributed by atoms with Crippen LogP contribution in [0, 0.1) is 5.82 Å². The first-order valence-corrected chi connectivity index (χ1v) is 4.40. The second kappa shape index (κ2) is 3.16. The van der Waals surface area contributed by atoms with Crippen molar-refractivity contribution in [2.24, 2.45) is 0 Å². The number of hydrogen-bond donors (Lipinski definition) is 1. The molecule has 0 fully saturated rings.